The highest BCUT2D eigenvalue weighted by atomic mass is 32.1. The van der Waals surface area contributed by atoms with Crippen LogP contribution in [-0.2, 0) is 6.42 Å². The lowest BCUT2D eigenvalue weighted by molar-refractivity contribution is 0.395. The van der Waals surface area contributed by atoms with E-state index in [1.165, 1.54) is 10.4 Å². The number of rotatable bonds is 5. The third-order valence-corrected chi connectivity index (χ3v) is 5.11. The molecule has 3 rings (SSSR count). The van der Waals surface area contributed by atoms with Gasteiger partial charge in [0.1, 0.15) is 28.0 Å². The molecule has 2 aromatic heterocycles. The van der Waals surface area contributed by atoms with Crippen LogP contribution in [0.1, 0.15) is 23.2 Å². The smallest absolute Gasteiger partial charge is 0.143 e. The minimum absolute atomic E-state index is 0.732. The number of methoxy groups -OCH3 is 2. The van der Waals surface area contributed by atoms with Crippen molar-refractivity contribution >= 4 is 33.1 Å². The van der Waals surface area contributed by atoms with Gasteiger partial charge in [0.05, 0.1) is 19.6 Å². The van der Waals surface area contributed by atoms with Crippen LogP contribution in [-0.4, -0.2) is 24.2 Å². The summed E-state index contributed by atoms with van der Waals surface area (Å²) in [6.07, 6.45) is 0.794. The Morgan fingerprint density at radius 2 is 1.71 bits per heavy atom. The second-order valence-electron chi connectivity index (χ2n) is 5.53. The Labute approximate surface area is 145 Å². The van der Waals surface area contributed by atoms with E-state index < -0.39 is 0 Å². The average Bonchev–Trinajstić information content (AvgIpc) is 2.88. The second kappa shape index (κ2) is 6.65. The van der Waals surface area contributed by atoms with Gasteiger partial charge in [-0.15, -0.1) is 11.3 Å². The molecule has 0 saturated heterocycles. The summed E-state index contributed by atoms with van der Waals surface area (Å²) in [5.41, 5.74) is 2.09. The van der Waals surface area contributed by atoms with Crippen LogP contribution in [0.2, 0.25) is 0 Å². The van der Waals surface area contributed by atoms with E-state index in [0.29, 0.717) is 0 Å². The molecule has 6 heteroatoms. The molecule has 0 unspecified atom stereocenters. The highest BCUT2D eigenvalue weighted by molar-refractivity contribution is 7.18. The minimum atomic E-state index is 0.732. The fourth-order valence-electron chi connectivity index (χ4n) is 2.56. The number of thiophene rings is 1. The van der Waals surface area contributed by atoms with Crippen LogP contribution in [0.5, 0.6) is 11.5 Å². The lowest BCUT2D eigenvalue weighted by Gasteiger charge is -2.12. The molecule has 2 heterocycles. The Kier molecular flexibility index (Phi) is 4.57. The van der Waals surface area contributed by atoms with Crippen molar-refractivity contribution in [1.82, 2.24) is 9.97 Å². The maximum Gasteiger partial charge on any atom is 0.143 e. The topological polar surface area (TPSA) is 56.3 Å². The van der Waals surface area contributed by atoms with Crippen LogP contribution < -0.4 is 14.8 Å². The van der Waals surface area contributed by atoms with Gasteiger partial charge in [-0.3, -0.25) is 0 Å². The SMILES string of the molecule is CCc1nc(Nc2cc(OC)cc(OC)c2)c2c(C)c(C)sc2n1. The van der Waals surface area contributed by atoms with E-state index in [1.807, 2.05) is 18.2 Å². The largest absolute Gasteiger partial charge is 0.497 e. The quantitative estimate of drug-likeness (QED) is 0.732. The molecule has 1 aromatic carbocycles. The molecule has 0 fully saturated rings. The first-order valence-electron chi connectivity index (χ1n) is 7.82. The average molecular weight is 343 g/mol. The molecule has 0 aliphatic carbocycles. The number of aryl methyl sites for hydroxylation is 3. The van der Waals surface area contributed by atoms with Crippen molar-refractivity contribution in [1.29, 1.82) is 0 Å². The molecule has 0 bridgehead atoms. The van der Waals surface area contributed by atoms with Crippen molar-refractivity contribution in [3.05, 3.63) is 34.5 Å². The van der Waals surface area contributed by atoms with Gasteiger partial charge in [-0.1, -0.05) is 6.92 Å². The molecule has 0 atom stereocenters. The predicted octanol–water partition coefficient (Wildman–Crippen LogP) is 4.63. The zero-order chi connectivity index (χ0) is 17.3. The van der Waals surface area contributed by atoms with Crippen molar-refractivity contribution in [3.63, 3.8) is 0 Å². The number of hydrogen-bond donors (Lipinski definition) is 1. The van der Waals surface area contributed by atoms with Crippen LogP contribution >= 0.6 is 11.3 Å². The molecule has 3 aromatic rings. The van der Waals surface area contributed by atoms with Crippen molar-refractivity contribution in [3.8, 4) is 11.5 Å². The summed E-state index contributed by atoms with van der Waals surface area (Å²) in [6, 6.07) is 5.70. The Morgan fingerprint density at radius 3 is 2.29 bits per heavy atom. The number of ether oxygens (including phenoxy) is 2. The molecule has 126 valence electrons. The number of nitrogens with one attached hydrogen (secondary N) is 1. The lowest BCUT2D eigenvalue weighted by atomic mass is 10.2. The maximum atomic E-state index is 5.34. The third-order valence-electron chi connectivity index (χ3n) is 4.01. The first kappa shape index (κ1) is 16.5. The summed E-state index contributed by atoms with van der Waals surface area (Å²) in [4.78, 5) is 11.7. The standard InChI is InChI=1S/C18H21N3O2S/c1-6-15-20-17(16-10(2)11(3)24-18(16)21-15)19-12-7-13(22-4)9-14(8-12)23-5/h7-9H,6H2,1-5H3,(H,19,20,21). The van der Waals surface area contributed by atoms with Gasteiger partial charge in [0, 0.05) is 35.2 Å². The van der Waals surface area contributed by atoms with Gasteiger partial charge in [-0.2, -0.15) is 0 Å². The molecule has 1 N–H and O–H groups in total. The molecule has 0 aliphatic rings. The zero-order valence-electron chi connectivity index (χ0n) is 14.6. The molecule has 0 amide bonds. The molecule has 0 saturated carbocycles. The Balaban J connectivity index is 2.12. The van der Waals surface area contributed by atoms with Crippen LogP contribution in [0.15, 0.2) is 18.2 Å². The summed E-state index contributed by atoms with van der Waals surface area (Å²) in [5, 5.41) is 4.50. The number of hydrogen-bond acceptors (Lipinski definition) is 6. The molecular formula is C18H21N3O2S. The zero-order valence-corrected chi connectivity index (χ0v) is 15.4. The Morgan fingerprint density at radius 1 is 1.04 bits per heavy atom. The van der Waals surface area contributed by atoms with Gasteiger partial charge >= 0.3 is 0 Å². The summed E-state index contributed by atoms with van der Waals surface area (Å²) in [5.74, 6) is 3.13. The highest BCUT2D eigenvalue weighted by Crippen LogP contribution is 2.35. The monoisotopic (exact) mass is 343 g/mol. The van der Waals surface area contributed by atoms with Crippen molar-refractivity contribution in [2.75, 3.05) is 19.5 Å². The molecule has 24 heavy (non-hydrogen) atoms. The Bertz CT molecular complexity index is 867. The summed E-state index contributed by atoms with van der Waals surface area (Å²) >= 11 is 1.71. The molecule has 0 aliphatic heterocycles. The maximum absolute atomic E-state index is 5.34. The van der Waals surface area contributed by atoms with E-state index in [4.69, 9.17) is 14.5 Å². The van der Waals surface area contributed by atoms with Crippen LogP contribution in [0.3, 0.4) is 0 Å². The van der Waals surface area contributed by atoms with Gasteiger partial charge in [-0.05, 0) is 19.4 Å². The molecular weight excluding hydrogens is 322 g/mol. The summed E-state index contributed by atoms with van der Waals surface area (Å²) in [7, 11) is 3.28. The van der Waals surface area contributed by atoms with Crippen LogP contribution in [0, 0.1) is 13.8 Å². The van der Waals surface area contributed by atoms with Gasteiger partial charge in [0.2, 0.25) is 0 Å². The van der Waals surface area contributed by atoms with Gasteiger partial charge < -0.3 is 14.8 Å². The van der Waals surface area contributed by atoms with E-state index in [2.05, 4.69) is 31.1 Å². The molecule has 0 spiro atoms. The van der Waals surface area contributed by atoms with E-state index in [-0.39, 0.29) is 0 Å². The van der Waals surface area contributed by atoms with E-state index in [9.17, 15) is 0 Å². The third kappa shape index (κ3) is 3.01. The predicted molar refractivity (Wildman–Crippen MR) is 99.1 cm³/mol. The first-order valence-corrected chi connectivity index (χ1v) is 8.64. The van der Waals surface area contributed by atoms with Gasteiger partial charge in [-0.25, -0.2) is 9.97 Å². The molecule has 5 nitrogen and oxygen atoms in total. The minimum Gasteiger partial charge on any atom is -0.497 e. The highest BCUT2D eigenvalue weighted by Gasteiger charge is 2.15. The first-order chi connectivity index (χ1) is 11.5. The fourth-order valence-corrected chi connectivity index (χ4v) is 3.61. The number of fused-ring (bicyclic) bond motifs is 1. The van der Waals surface area contributed by atoms with E-state index in [1.54, 1.807) is 25.6 Å². The molecule has 0 radical (unpaired) electrons. The van der Waals surface area contributed by atoms with Crippen LogP contribution in [0.4, 0.5) is 11.5 Å². The van der Waals surface area contributed by atoms with E-state index >= 15 is 0 Å². The number of nitrogens with zero attached hydrogens (tertiary/aromatic N) is 2. The van der Waals surface area contributed by atoms with Gasteiger partial charge in [0.15, 0.2) is 0 Å². The van der Waals surface area contributed by atoms with Crippen molar-refractivity contribution in [2.45, 2.75) is 27.2 Å². The van der Waals surface area contributed by atoms with E-state index in [0.717, 1.165) is 45.5 Å². The number of anilines is 2. The van der Waals surface area contributed by atoms with Crippen LogP contribution in [0.25, 0.3) is 10.2 Å². The lowest BCUT2D eigenvalue weighted by Crippen LogP contribution is -2.01. The summed E-state index contributed by atoms with van der Waals surface area (Å²) in [6.45, 7) is 6.29. The second-order valence-corrected chi connectivity index (χ2v) is 6.73. The normalized spacial score (nSPS) is 10.9. The number of benzene rings is 1. The Hall–Kier alpha value is -2.34. The number of aromatic nitrogens is 2. The van der Waals surface area contributed by atoms with Crippen molar-refractivity contribution in [2.24, 2.45) is 0 Å². The summed E-state index contributed by atoms with van der Waals surface area (Å²) < 4.78 is 10.7. The van der Waals surface area contributed by atoms with Crippen molar-refractivity contribution < 1.29 is 9.47 Å². The fraction of sp³-hybridized carbons (Fsp3) is 0.333. The van der Waals surface area contributed by atoms with Gasteiger partial charge in [0.25, 0.3) is 0 Å².